The number of benzene rings is 1. The van der Waals surface area contributed by atoms with Gasteiger partial charge in [-0.25, -0.2) is 4.98 Å². The minimum absolute atomic E-state index is 0.0778. The Hall–Kier alpha value is -3.10. The average molecular weight is 438 g/mol. The molecule has 1 amide bonds. The van der Waals surface area contributed by atoms with Gasteiger partial charge in [-0.05, 0) is 24.6 Å². The molecule has 4 rings (SSSR count). The minimum atomic E-state index is -0.210. The second kappa shape index (κ2) is 8.33. The maximum atomic E-state index is 13.1. The minimum Gasteiger partial charge on any atom is -0.352 e. The molecule has 0 unspecified atom stereocenters. The van der Waals surface area contributed by atoms with Crippen molar-refractivity contribution >= 4 is 44.6 Å². The first-order chi connectivity index (χ1) is 14.4. The summed E-state index contributed by atoms with van der Waals surface area (Å²) in [6.07, 6.45) is 1.44. The number of aromatic nitrogens is 2. The van der Waals surface area contributed by atoms with E-state index in [1.165, 1.54) is 34.0 Å². The van der Waals surface area contributed by atoms with E-state index in [0.29, 0.717) is 22.3 Å². The molecule has 30 heavy (non-hydrogen) atoms. The molecule has 0 spiro atoms. The Morgan fingerprint density at radius 3 is 2.57 bits per heavy atom. The van der Waals surface area contributed by atoms with E-state index >= 15 is 0 Å². The summed E-state index contributed by atoms with van der Waals surface area (Å²) in [6, 6.07) is 11.0. The van der Waals surface area contributed by atoms with Crippen molar-refractivity contribution in [2.45, 2.75) is 26.9 Å². The van der Waals surface area contributed by atoms with E-state index in [9.17, 15) is 14.4 Å². The number of nitrogens with one attached hydrogen (secondary N) is 1. The fourth-order valence-corrected chi connectivity index (χ4v) is 4.98. The third kappa shape index (κ3) is 4.10. The largest absolute Gasteiger partial charge is 0.352 e. The predicted molar refractivity (Wildman–Crippen MR) is 120 cm³/mol. The standard InChI is InChI=1S/C22H19N3O3S2/c1-13-3-8-19(30-13)17-11-29-21-20(17)22(28)25(12-24-21)10-18(27)16-6-4-15(5-7-16)9-23-14(2)26/h3-8,11-12H,9-10H2,1-2H3,(H,23,26). The first kappa shape index (κ1) is 20.2. The van der Waals surface area contributed by atoms with Crippen molar-refractivity contribution in [2.75, 3.05) is 0 Å². The number of Topliss-reactive ketones (excluding diaryl/α,β-unsaturated/α-hetero) is 1. The van der Waals surface area contributed by atoms with Crippen LogP contribution in [0.4, 0.5) is 0 Å². The number of carbonyl (C=O) groups excluding carboxylic acids is 2. The van der Waals surface area contributed by atoms with Crippen LogP contribution in [0.2, 0.25) is 0 Å². The van der Waals surface area contributed by atoms with Crippen molar-refractivity contribution < 1.29 is 9.59 Å². The molecule has 0 aliphatic heterocycles. The molecule has 0 aliphatic carbocycles. The van der Waals surface area contributed by atoms with E-state index in [1.54, 1.807) is 35.6 Å². The van der Waals surface area contributed by atoms with Gasteiger partial charge in [0.1, 0.15) is 4.83 Å². The van der Waals surface area contributed by atoms with Gasteiger partial charge in [0.05, 0.1) is 18.3 Å². The molecule has 3 heterocycles. The van der Waals surface area contributed by atoms with Crippen molar-refractivity contribution in [3.05, 3.63) is 74.5 Å². The van der Waals surface area contributed by atoms with Crippen LogP contribution in [0.5, 0.6) is 0 Å². The van der Waals surface area contributed by atoms with E-state index < -0.39 is 0 Å². The number of nitrogens with zero attached hydrogens (tertiary/aromatic N) is 2. The quantitative estimate of drug-likeness (QED) is 0.462. The average Bonchev–Trinajstić information content (AvgIpc) is 3.35. The maximum Gasteiger partial charge on any atom is 0.263 e. The van der Waals surface area contributed by atoms with Gasteiger partial charge in [0, 0.05) is 39.7 Å². The Balaban J connectivity index is 1.59. The van der Waals surface area contributed by atoms with Crippen molar-refractivity contribution in [1.82, 2.24) is 14.9 Å². The SMILES string of the molecule is CC(=O)NCc1ccc(C(=O)Cn2cnc3scc(-c4ccc(C)s4)c3c2=O)cc1. The molecule has 3 aromatic heterocycles. The Morgan fingerprint density at radius 1 is 1.13 bits per heavy atom. The number of carbonyl (C=O) groups is 2. The van der Waals surface area contributed by atoms with E-state index in [2.05, 4.69) is 10.3 Å². The van der Waals surface area contributed by atoms with Crippen LogP contribution >= 0.6 is 22.7 Å². The fourth-order valence-electron chi connectivity index (χ4n) is 3.12. The lowest BCUT2D eigenvalue weighted by molar-refractivity contribution is -0.119. The Labute approximate surface area is 180 Å². The molecule has 0 aliphatic rings. The summed E-state index contributed by atoms with van der Waals surface area (Å²) < 4.78 is 1.37. The van der Waals surface area contributed by atoms with Crippen LogP contribution in [0, 0.1) is 6.92 Å². The smallest absolute Gasteiger partial charge is 0.263 e. The van der Waals surface area contributed by atoms with Crippen LogP contribution in [0.3, 0.4) is 0 Å². The summed E-state index contributed by atoms with van der Waals surface area (Å²) in [4.78, 5) is 44.1. The summed E-state index contributed by atoms with van der Waals surface area (Å²) in [5.74, 6) is -0.281. The third-order valence-corrected chi connectivity index (χ3v) is 6.62. The molecule has 4 aromatic rings. The van der Waals surface area contributed by atoms with Gasteiger partial charge in [0.15, 0.2) is 5.78 Å². The molecule has 0 fully saturated rings. The van der Waals surface area contributed by atoms with Gasteiger partial charge >= 0.3 is 0 Å². The molecular formula is C22H19N3O3S2. The van der Waals surface area contributed by atoms with Crippen LogP contribution in [0.1, 0.15) is 27.7 Å². The summed E-state index contributed by atoms with van der Waals surface area (Å²) in [6.45, 7) is 3.82. The zero-order valence-electron chi connectivity index (χ0n) is 16.5. The number of rotatable bonds is 6. The first-order valence-corrected chi connectivity index (χ1v) is 11.0. The van der Waals surface area contributed by atoms with Crippen LogP contribution < -0.4 is 10.9 Å². The van der Waals surface area contributed by atoms with E-state index in [-0.39, 0.29) is 23.8 Å². The molecule has 0 bridgehead atoms. The lowest BCUT2D eigenvalue weighted by Gasteiger charge is -2.07. The van der Waals surface area contributed by atoms with Crippen LogP contribution in [0.15, 0.2) is 52.9 Å². The molecule has 1 N–H and O–H groups in total. The Kier molecular flexibility index (Phi) is 5.61. The van der Waals surface area contributed by atoms with Gasteiger partial charge < -0.3 is 5.32 Å². The van der Waals surface area contributed by atoms with Gasteiger partial charge in [-0.15, -0.1) is 22.7 Å². The molecule has 6 nitrogen and oxygen atoms in total. The summed E-state index contributed by atoms with van der Waals surface area (Å²) in [5.41, 5.74) is 2.07. The lowest BCUT2D eigenvalue weighted by Crippen LogP contribution is -2.24. The van der Waals surface area contributed by atoms with Crippen molar-refractivity contribution in [1.29, 1.82) is 0 Å². The van der Waals surface area contributed by atoms with Gasteiger partial charge in [0.25, 0.3) is 5.56 Å². The summed E-state index contributed by atoms with van der Waals surface area (Å²) in [5, 5.41) is 5.22. The highest BCUT2D eigenvalue weighted by Gasteiger charge is 2.16. The zero-order valence-corrected chi connectivity index (χ0v) is 18.1. The third-order valence-electron chi connectivity index (χ3n) is 4.70. The van der Waals surface area contributed by atoms with E-state index in [0.717, 1.165) is 16.0 Å². The molecule has 0 saturated carbocycles. The van der Waals surface area contributed by atoms with Crippen LogP contribution in [0.25, 0.3) is 20.7 Å². The van der Waals surface area contributed by atoms with Crippen LogP contribution in [-0.4, -0.2) is 21.2 Å². The predicted octanol–water partition coefficient (Wildman–Crippen LogP) is 4.01. The highest BCUT2D eigenvalue weighted by Crippen LogP contribution is 2.34. The topological polar surface area (TPSA) is 81.1 Å². The zero-order chi connectivity index (χ0) is 21.3. The van der Waals surface area contributed by atoms with Gasteiger partial charge in [-0.3, -0.25) is 19.0 Å². The number of fused-ring (bicyclic) bond motifs is 1. The molecule has 0 atom stereocenters. The second-order valence-corrected chi connectivity index (χ2v) is 9.09. The van der Waals surface area contributed by atoms with E-state index in [1.807, 2.05) is 24.4 Å². The van der Waals surface area contributed by atoms with Gasteiger partial charge in [-0.2, -0.15) is 0 Å². The molecule has 8 heteroatoms. The van der Waals surface area contributed by atoms with Gasteiger partial charge in [-0.1, -0.05) is 24.3 Å². The highest BCUT2D eigenvalue weighted by atomic mass is 32.1. The number of hydrogen-bond acceptors (Lipinski definition) is 6. The van der Waals surface area contributed by atoms with E-state index in [4.69, 9.17) is 0 Å². The van der Waals surface area contributed by atoms with Gasteiger partial charge in [0.2, 0.25) is 5.91 Å². The number of aryl methyl sites for hydroxylation is 1. The lowest BCUT2D eigenvalue weighted by atomic mass is 10.1. The van der Waals surface area contributed by atoms with Crippen molar-refractivity contribution in [3.8, 4) is 10.4 Å². The van der Waals surface area contributed by atoms with Crippen molar-refractivity contribution in [3.63, 3.8) is 0 Å². The molecule has 0 radical (unpaired) electrons. The molecule has 152 valence electrons. The highest BCUT2D eigenvalue weighted by molar-refractivity contribution is 7.19. The number of ketones is 1. The molecular weight excluding hydrogens is 418 g/mol. The maximum absolute atomic E-state index is 13.1. The number of amides is 1. The van der Waals surface area contributed by atoms with Crippen molar-refractivity contribution in [2.24, 2.45) is 0 Å². The monoisotopic (exact) mass is 437 g/mol. The number of hydrogen-bond donors (Lipinski definition) is 1. The van der Waals surface area contributed by atoms with Crippen LogP contribution in [-0.2, 0) is 17.9 Å². The fraction of sp³-hybridized carbons (Fsp3) is 0.182. The molecule has 1 aromatic carbocycles. The summed E-state index contributed by atoms with van der Waals surface area (Å²) in [7, 11) is 0. The second-order valence-electron chi connectivity index (χ2n) is 6.95. The Bertz CT molecular complexity index is 1300. The first-order valence-electron chi connectivity index (χ1n) is 9.32. The summed E-state index contributed by atoms with van der Waals surface area (Å²) >= 11 is 3.06. The normalized spacial score (nSPS) is 11.0. The molecule has 0 saturated heterocycles. The Morgan fingerprint density at radius 2 is 1.90 bits per heavy atom. The number of thiophene rings is 2.